The van der Waals surface area contributed by atoms with E-state index in [1.54, 1.807) is 29.2 Å². The monoisotopic (exact) mass is 417 g/mol. The fourth-order valence-electron chi connectivity index (χ4n) is 3.29. The van der Waals surface area contributed by atoms with Gasteiger partial charge in [0.2, 0.25) is 5.88 Å². The average molecular weight is 417 g/mol. The maximum Gasteiger partial charge on any atom is 0.254 e. The Balaban J connectivity index is 1.39. The van der Waals surface area contributed by atoms with Crippen LogP contribution in [0.15, 0.2) is 61.1 Å². The smallest absolute Gasteiger partial charge is 0.254 e. The SMILES string of the molecule is CCc1c(C(=O)NCCc2ccc(-n3cccn3)cc2)cnn1-c1ccc(OC)nn1. The van der Waals surface area contributed by atoms with Gasteiger partial charge >= 0.3 is 0 Å². The van der Waals surface area contributed by atoms with Gasteiger partial charge in [-0.1, -0.05) is 19.1 Å². The third-order valence-corrected chi connectivity index (χ3v) is 4.91. The molecule has 3 aromatic heterocycles. The second kappa shape index (κ2) is 9.21. The fraction of sp³-hybridized carbons (Fsp3) is 0.227. The van der Waals surface area contributed by atoms with Gasteiger partial charge in [0.05, 0.1) is 30.3 Å². The average Bonchev–Trinajstić information content (AvgIpc) is 3.50. The Morgan fingerprint density at radius 3 is 2.58 bits per heavy atom. The van der Waals surface area contributed by atoms with Crippen molar-refractivity contribution in [2.75, 3.05) is 13.7 Å². The lowest BCUT2D eigenvalue weighted by molar-refractivity contribution is 0.0953. The number of nitrogens with zero attached hydrogens (tertiary/aromatic N) is 6. The van der Waals surface area contributed by atoms with Gasteiger partial charge in [0.25, 0.3) is 5.91 Å². The largest absolute Gasteiger partial charge is 0.480 e. The molecule has 9 nitrogen and oxygen atoms in total. The molecule has 0 aliphatic rings. The Labute approximate surface area is 179 Å². The van der Waals surface area contributed by atoms with E-state index in [9.17, 15) is 4.79 Å². The van der Waals surface area contributed by atoms with Crippen molar-refractivity contribution in [1.29, 1.82) is 0 Å². The zero-order valence-corrected chi connectivity index (χ0v) is 17.4. The van der Waals surface area contributed by atoms with Crippen LogP contribution < -0.4 is 10.1 Å². The summed E-state index contributed by atoms with van der Waals surface area (Å²) in [5.41, 5.74) is 3.45. The van der Waals surface area contributed by atoms with Crippen molar-refractivity contribution >= 4 is 5.91 Å². The summed E-state index contributed by atoms with van der Waals surface area (Å²) in [5, 5.41) is 19.6. The van der Waals surface area contributed by atoms with E-state index in [2.05, 4.69) is 25.7 Å². The molecule has 1 N–H and O–H groups in total. The molecule has 31 heavy (non-hydrogen) atoms. The first-order valence-electron chi connectivity index (χ1n) is 10.0. The second-order valence-electron chi connectivity index (χ2n) is 6.83. The van der Waals surface area contributed by atoms with E-state index < -0.39 is 0 Å². The number of hydrogen-bond acceptors (Lipinski definition) is 6. The number of ether oxygens (including phenoxy) is 1. The molecule has 4 aromatic rings. The van der Waals surface area contributed by atoms with Gasteiger partial charge in [0, 0.05) is 25.0 Å². The van der Waals surface area contributed by atoms with Gasteiger partial charge < -0.3 is 10.1 Å². The summed E-state index contributed by atoms with van der Waals surface area (Å²) in [6, 6.07) is 13.5. The summed E-state index contributed by atoms with van der Waals surface area (Å²) >= 11 is 0. The maximum atomic E-state index is 12.7. The van der Waals surface area contributed by atoms with Gasteiger partial charge in [0.15, 0.2) is 5.82 Å². The van der Waals surface area contributed by atoms with Crippen molar-refractivity contribution < 1.29 is 9.53 Å². The van der Waals surface area contributed by atoms with Crippen molar-refractivity contribution in [3.8, 4) is 17.4 Å². The van der Waals surface area contributed by atoms with Gasteiger partial charge in [-0.05, 0) is 42.7 Å². The normalized spacial score (nSPS) is 10.8. The zero-order valence-electron chi connectivity index (χ0n) is 17.4. The minimum Gasteiger partial charge on any atom is -0.480 e. The van der Waals surface area contributed by atoms with E-state index in [-0.39, 0.29) is 5.91 Å². The van der Waals surface area contributed by atoms with Crippen molar-refractivity contribution in [2.24, 2.45) is 0 Å². The van der Waals surface area contributed by atoms with E-state index >= 15 is 0 Å². The Morgan fingerprint density at radius 1 is 1.10 bits per heavy atom. The molecule has 0 radical (unpaired) electrons. The lowest BCUT2D eigenvalue weighted by atomic mass is 10.1. The molecule has 0 bridgehead atoms. The van der Waals surface area contributed by atoms with E-state index in [0.717, 1.165) is 23.4 Å². The number of amides is 1. The van der Waals surface area contributed by atoms with Crippen LogP contribution in [0.4, 0.5) is 0 Å². The summed E-state index contributed by atoms with van der Waals surface area (Å²) in [4.78, 5) is 12.7. The van der Waals surface area contributed by atoms with Gasteiger partial charge in [-0.25, -0.2) is 9.36 Å². The van der Waals surface area contributed by atoms with Crippen LogP contribution in [0.1, 0.15) is 28.5 Å². The molecule has 0 aliphatic heterocycles. The van der Waals surface area contributed by atoms with Crippen molar-refractivity contribution in [3.63, 3.8) is 0 Å². The molecule has 0 saturated carbocycles. The highest BCUT2D eigenvalue weighted by atomic mass is 16.5. The van der Waals surface area contributed by atoms with Crippen LogP contribution in [0.5, 0.6) is 5.88 Å². The van der Waals surface area contributed by atoms with Crippen LogP contribution in [0.2, 0.25) is 0 Å². The number of nitrogens with one attached hydrogen (secondary N) is 1. The van der Waals surface area contributed by atoms with Gasteiger partial charge in [-0.15, -0.1) is 10.2 Å². The highest BCUT2D eigenvalue weighted by Crippen LogP contribution is 2.15. The Bertz CT molecular complexity index is 1130. The quantitative estimate of drug-likeness (QED) is 0.473. The molecular formula is C22H23N7O2. The third kappa shape index (κ3) is 4.45. The third-order valence-electron chi connectivity index (χ3n) is 4.91. The lowest BCUT2D eigenvalue weighted by Crippen LogP contribution is -2.26. The second-order valence-corrected chi connectivity index (χ2v) is 6.83. The minimum absolute atomic E-state index is 0.155. The van der Waals surface area contributed by atoms with Crippen molar-refractivity contribution in [3.05, 3.63) is 77.9 Å². The van der Waals surface area contributed by atoms with Crippen molar-refractivity contribution in [1.82, 2.24) is 35.1 Å². The molecule has 0 fully saturated rings. The van der Waals surface area contributed by atoms with E-state index in [1.165, 1.54) is 7.11 Å². The Morgan fingerprint density at radius 2 is 1.94 bits per heavy atom. The summed E-state index contributed by atoms with van der Waals surface area (Å²) in [7, 11) is 1.53. The number of aromatic nitrogens is 6. The fourth-order valence-corrected chi connectivity index (χ4v) is 3.29. The standard InChI is InChI=1S/C22H23N7O2/c1-3-19-18(15-25-29(19)20-9-10-21(31-2)27-26-20)22(30)23-13-11-16-5-7-17(8-6-16)28-14-4-12-24-28/h4-10,12,14-15H,3,11,13H2,1-2H3,(H,23,30). The van der Waals surface area contributed by atoms with E-state index in [4.69, 9.17) is 4.74 Å². The van der Waals surface area contributed by atoms with Gasteiger partial charge in [-0.3, -0.25) is 4.79 Å². The summed E-state index contributed by atoms with van der Waals surface area (Å²) < 4.78 is 8.48. The summed E-state index contributed by atoms with van der Waals surface area (Å²) in [6.45, 7) is 2.50. The predicted molar refractivity (Wildman–Crippen MR) is 115 cm³/mol. The molecule has 4 rings (SSSR count). The molecule has 0 atom stereocenters. The Kier molecular flexibility index (Phi) is 6.02. The lowest BCUT2D eigenvalue weighted by Gasteiger charge is -2.08. The van der Waals surface area contributed by atoms with Crippen LogP contribution in [-0.4, -0.2) is 49.3 Å². The molecular weight excluding hydrogens is 394 g/mol. The topological polar surface area (TPSA) is 99.8 Å². The molecule has 0 spiro atoms. The van der Waals surface area contributed by atoms with Crippen LogP contribution in [-0.2, 0) is 12.8 Å². The molecule has 1 amide bonds. The highest BCUT2D eigenvalue weighted by molar-refractivity contribution is 5.95. The zero-order chi connectivity index (χ0) is 21.6. The molecule has 0 unspecified atom stereocenters. The van der Waals surface area contributed by atoms with Gasteiger partial charge in [0.1, 0.15) is 0 Å². The van der Waals surface area contributed by atoms with Crippen LogP contribution in [0.25, 0.3) is 11.5 Å². The molecule has 158 valence electrons. The van der Waals surface area contributed by atoms with E-state index in [1.807, 2.05) is 48.1 Å². The van der Waals surface area contributed by atoms with Crippen LogP contribution >= 0.6 is 0 Å². The molecule has 9 heteroatoms. The number of carbonyl (C=O) groups excluding carboxylic acids is 1. The highest BCUT2D eigenvalue weighted by Gasteiger charge is 2.17. The molecule has 0 saturated heterocycles. The molecule has 3 heterocycles. The number of methoxy groups -OCH3 is 1. The van der Waals surface area contributed by atoms with E-state index in [0.29, 0.717) is 30.2 Å². The number of hydrogen-bond donors (Lipinski definition) is 1. The number of rotatable bonds is 8. The summed E-state index contributed by atoms with van der Waals surface area (Å²) in [6.07, 6.45) is 6.57. The van der Waals surface area contributed by atoms with Gasteiger partial charge in [-0.2, -0.15) is 10.2 Å². The Hall–Kier alpha value is -4.01. The molecule has 0 aliphatic carbocycles. The maximum absolute atomic E-state index is 12.7. The minimum atomic E-state index is -0.155. The summed E-state index contributed by atoms with van der Waals surface area (Å²) in [5.74, 6) is 0.802. The molecule has 1 aromatic carbocycles. The number of benzene rings is 1. The predicted octanol–water partition coefficient (Wildman–Crippen LogP) is 2.39. The van der Waals surface area contributed by atoms with Crippen molar-refractivity contribution in [2.45, 2.75) is 19.8 Å². The first-order chi connectivity index (χ1) is 15.2. The first kappa shape index (κ1) is 20.3. The van der Waals surface area contributed by atoms with Crippen LogP contribution in [0, 0.1) is 0 Å². The first-order valence-corrected chi connectivity index (χ1v) is 10.0. The van der Waals surface area contributed by atoms with Crippen LogP contribution in [0.3, 0.4) is 0 Å². The number of carbonyl (C=O) groups is 1.